The summed E-state index contributed by atoms with van der Waals surface area (Å²) in [6.45, 7) is 0. The molecule has 0 aliphatic carbocycles. The van der Waals surface area contributed by atoms with Gasteiger partial charge in [-0.05, 0) is 42.0 Å². The van der Waals surface area contributed by atoms with E-state index < -0.39 is 6.04 Å². The maximum absolute atomic E-state index is 12.1. The minimum Gasteiger partial charge on any atom is -0.318 e. The Balaban J connectivity index is 2.00. The molecule has 108 valence electrons. The first kappa shape index (κ1) is 14.9. The predicted molar refractivity (Wildman–Crippen MR) is 88.8 cm³/mol. The molecule has 2 aromatic rings. The van der Waals surface area contributed by atoms with Crippen LogP contribution in [0.5, 0.6) is 0 Å². The van der Waals surface area contributed by atoms with E-state index in [4.69, 9.17) is 28.9 Å². The van der Waals surface area contributed by atoms with Crippen molar-refractivity contribution in [1.29, 1.82) is 0 Å². The van der Waals surface area contributed by atoms with Gasteiger partial charge in [0.05, 0.1) is 6.04 Å². The van der Waals surface area contributed by atoms with Crippen molar-refractivity contribution in [1.82, 2.24) is 0 Å². The van der Waals surface area contributed by atoms with Gasteiger partial charge in [0.1, 0.15) is 6.04 Å². The topological polar surface area (TPSA) is 46.3 Å². The maximum atomic E-state index is 12.1. The average molecular weight is 386 g/mol. The number of benzene rings is 2. The van der Waals surface area contributed by atoms with Crippen LogP contribution < -0.4 is 10.6 Å². The lowest BCUT2D eigenvalue weighted by Crippen LogP contribution is -2.63. The summed E-state index contributed by atoms with van der Waals surface area (Å²) in [4.78, 5) is 13.8. The predicted octanol–water partition coefficient (Wildman–Crippen LogP) is 4.17. The van der Waals surface area contributed by atoms with Gasteiger partial charge in [0, 0.05) is 20.2 Å². The lowest BCUT2D eigenvalue weighted by atomic mass is 9.88. The van der Waals surface area contributed by atoms with Crippen LogP contribution in [0.2, 0.25) is 10.0 Å². The van der Waals surface area contributed by atoms with Gasteiger partial charge in [-0.2, -0.15) is 0 Å². The Bertz CT molecular complexity index is 705. The van der Waals surface area contributed by atoms with E-state index >= 15 is 0 Å². The highest BCUT2D eigenvalue weighted by Gasteiger charge is 2.47. The van der Waals surface area contributed by atoms with E-state index in [9.17, 15) is 4.79 Å². The molecule has 0 aromatic heterocycles. The standard InChI is InChI=1S/C15H11BrCl2N2O/c16-8-1-4-10(5-2-8)20-14(13(19)15(20)21)11-6-3-9(17)7-12(11)18/h1-7,13-14H,19H2/t13-,14-/m0/s1. The summed E-state index contributed by atoms with van der Waals surface area (Å²) in [6, 6.07) is 11.9. The average Bonchev–Trinajstić information content (AvgIpc) is 2.46. The van der Waals surface area contributed by atoms with Crippen molar-refractivity contribution in [2.45, 2.75) is 12.1 Å². The minimum atomic E-state index is -0.590. The molecule has 0 spiro atoms. The number of nitrogens with two attached hydrogens (primary N) is 1. The van der Waals surface area contributed by atoms with Gasteiger partial charge >= 0.3 is 0 Å². The van der Waals surface area contributed by atoms with E-state index in [1.165, 1.54) is 0 Å². The summed E-state index contributed by atoms with van der Waals surface area (Å²) < 4.78 is 0.949. The highest BCUT2D eigenvalue weighted by Crippen LogP contribution is 2.41. The number of carbonyl (C=O) groups excluding carboxylic acids is 1. The molecule has 1 heterocycles. The van der Waals surface area contributed by atoms with E-state index in [-0.39, 0.29) is 11.9 Å². The molecule has 0 bridgehead atoms. The van der Waals surface area contributed by atoms with Crippen molar-refractivity contribution in [3.8, 4) is 0 Å². The van der Waals surface area contributed by atoms with Crippen LogP contribution >= 0.6 is 39.1 Å². The molecule has 21 heavy (non-hydrogen) atoms. The fraction of sp³-hybridized carbons (Fsp3) is 0.133. The number of nitrogens with zero attached hydrogens (tertiary/aromatic N) is 1. The van der Waals surface area contributed by atoms with Gasteiger partial charge in [0.25, 0.3) is 0 Å². The Morgan fingerprint density at radius 3 is 2.38 bits per heavy atom. The monoisotopic (exact) mass is 384 g/mol. The summed E-state index contributed by atoms with van der Waals surface area (Å²) >= 11 is 15.5. The number of anilines is 1. The van der Waals surface area contributed by atoms with Gasteiger partial charge in [0.15, 0.2) is 0 Å². The van der Waals surface area contributed by atoms with Crippen molar-refractivity contribution in [2.75, 3.05) is 4.90 Å². The Morgan fingerprint density at radius 2 is 1.76 bits per heavy atom. The van der Waals surface area contributed by atoms with Gasteiger partial charge in [0.2, 0.25) is 5.91 Å². The zero-order valence-electron chi connectivity index (χ0n) is 10.8. The second kappa shape index (κ2) is 5.61. The van der Waals surface area contributed by atoms with Crippen LogP contribution in [0.25, 0.3) is 0 Å². The zero-order valence-corrected chi connectivity index (χ0v) is 13.9. The molecule has 2 aromatic carbocycles. The molecular formula is C15H11BrCl2N2O. The highest BCUT2D eigenvalue weighted by atomic mass is 79.9. The third-order valence-corrected chi connectivity index (χ3v) is 4.62. The largest absolute Gasteiger partial charge is 0.318 e. The number of hydrogen-bond acceptors (Lipinski definition) is 2. The van der Waals surface area contributed by atoms with E-state index in [2.05, 4.69) is 15.9 Å². The third kappa shape index (κ3) is 2.57. The van der Waals surface area contributed by atoms with E-state index in [1.807, 2.05) is 30.3 Å². The SMILES string of the molecule is N[C@@H]1C(=O)N(c2ccc(Br)cc2)[C@H]1c1ccc(Cl)cc1Cl. The maximum Gasteiger partial charge on any atom is 0.247 e. The fourth-order valence-electron chi connectivity index (χ4n) is 2.47. The van der Waals surface area contributed by atoms with Crippen LogP contribution in [-0.2, 0) is 4.79 Å². The number of halogens is 3. The number of rotatable bonds is 2. The van der Waals surface area contributed by atoms with Crippen LogP contribution in [-0.4, -0.2) is 11.9 Å². The molecule has 0 radical (unpaired) electrons. The van der Waals surface area contributed by atoms with Gasteiger partial charge < -0.3 is 10.6 Å². The molecule has 3 rings (SSSR count). The molecule has 1 saturated heterocycles. The van der Waals surface area contributed by atoms with Gasteiger partial charge in [-0.15, -0.1) is 0 Å². The number of carbonyl (C=O) groups is 1. The minimum absolute atomic E-state index is 0.117. The van der Waals surface area contributed by atoms with Crippen molar-refractivity contribution in [2.24, 2.45) is 5.73 Å². The van der Waals surface area contributed by atoms with Crippen LogP contribution in [0.4, 0.5) is 5.69 Å². The fourth-order valence-corrected chi connectivity index (χ4v) is 3.26. The summed E-state index contributed by atoms with van der Waals surface area (Å²) in [7, 11) is 0. The number of β-lactam (4-membered cyclic amide) rings is 1. The van der Waals surface area contributed by atoms with E-state index in [0.29, 0.717) is 10.0 Å². The zero-order chi connectivity index (χ0) is 15.1. The molecule has 1 fully saturated rings. The molecule has 1 aliphatic heterocycles. The van der Waals surface area contributed by atoms with Crippen molar-refractivity contribution in [3.63, 3.8) is 0 Å². The van der Waals surface area contributed by atoms with Gasteiger partial charge in [-0.25, -0.2) is 0 Å². The molecule has 6 heteroatoms. The second-order valence-electron chi connectivity index (χ2n) is 4.82. The second-order valence-corrected chi connectivity index (χ2v) is 6.58. The normalized spacial score (nSPS) is 21.3. The Kier molecular flexibility index (Phi) is 3.97. The Labute approximate surface area is 140 Å². The molecule has 3 nitrogen and oxygen atoms in total. The molecule has 1 aliphatic rings. The van der Waals surface area contributed by atoms with Gasteiger partial charge in [-0.3, -0.25) is 4.79 Å². The van der Waals surface area contributed by atoms with Crippen LogP contribution in [0, 0.1) is 0 Å². The lowest BCUT2D eigenvalue weighted by molar-refractivity contribution is -0.126. The summed E-state index contributed by atoms with van der Waals surface area (Å²) in [5.74, 6) is -0.117. The first-order valence-corrected chi connectivity index (χ1v) is 7.83. The van der Waals surface area contributed by atoms with Crippen LogP contribution in [0.3, 0.4) is 0 Å². The molecular weight excluding hydrogens is 375 g/mol. The molecule has 0 saturated carbocycles. The van der Waals surface area contributed by atoms with Crippen molar-refractivity contribution < 1.29 is 4.79 Å². The van der Waals surface area contributed by atoms with E-state index in [0.717, 1.165) is 15.7 Å². The van der Waals surface area contributed by atoms with Crippen LogP contribution in [0.15, 0.2) is 46.9 Å². The summed E-state index contributed by atoms with van der Waals surface area (Å²) in [5.41, 5.74) is 7.57. The first-order valence-electron chi connectivity index (χ1n) is 6.28. The quantitative estimate of drug-likeness (QED) is 0.788. The third-order valence-electron chi connectivity index (χ3n) is 3.53. The molecule has 1 amide bonds. The van der Waals surface area contributed by atoms with Crippen LogP contribution in [0.1, 0.15) is 11.6 Å². The van der Waals surface area contributed by atoms with E-state index in [1.54, 1.807) is 17.0 Å². The Morgan fingerprint density at radius 1 is 1.10 bits per heavy atom. The number of hydrogen-bond donors (Lipinski definition) is 1. The highest BCUT2D eigenvalue weighted by molar-refractivity contribution is 9.10. The molecule has 2 N–H and O–H groups in total. The first-order chi connectivity index (χ1) is 9.99. The smallest absolute Gasteiger partial charge is 0.247 e. The van der Waals surface area contributed by atoms with Crippen molar-refractivity contribution >= 4 is 50.7 Å². The van der Waals surface area contributed by atoms with Crippen molar-refractivity contribution in [3.05, 3.63) is 62.5 Å². The summed E-state index contributed by atoms with van der Waals surface area (Å²) in [6.07, 6.45) is 0. The lowest BCUT2D eigenvalue weighted by Gasteiger charge is -2.46. The van der Waals surface area contributed by atoms with Gasteiger partial charge in [-0.1, -0.05) is 45.2 Å². The summed E-state index contributed by atoms with van der Waals surface area (Å²) in [5, 5.41) is 1.07. The number of amides is 1. The Hall–Kier alpha value is -1.07. The molecule has 0 unspecified atom stereocenters. The molecule has 2 atom stereocenters.